The van der Waals surface area contributed by atoms with Gasteiger partial charge in [0, 0.05) is 18.7 Å². The number of nitrogens with zero attached hydrogens (tertiary/aromatic N) is 4. The number of thioether (sulfide) groups is 1. The number of fused-ring (bicyclic) bond motifs is 1. The van der Waals surface area contributed by atoms with Gasteiger partial charge in [-0.25, -0.2) is 4.68 Å². The summed E-state index contributed by atoms with van der Waals surface area (Å²) in [7, 11) is 0. The highest BCUT2D eigenvalue weighted by atomic mass is 32.2. The molecule has 0 unspecified atom stereocenters. The number of rotatable bonds is 3. The van der Waals surface area contributed by atoms with Gasteiger partial charge in [0.15, 0.2) is 5.82 Å². The van der Waals surface area contributed by atoms with Crippen LogP contribution in [0, 0.1) is 6.92 Å². The summed E-state index contributed by atoms with van der Waals surface area (Å²) in [5.41, 5.74) is 6.89. The number of aryl methyl sites for hydroxylation is 1. The van der Waals surface area contributed by atoms with Crippen molar-refractivity contribution >= 4 is 17.7 Å². The number of likely N-dealkylation sites (tertiary alicyclic amines) is 1. The number of amides is 1. The van der Waals surface area contributed by atoms with Crippen molar-refractivity contribution in [3.8, 4) is 11.4 Å². The molecule has 5 rings (SSSR count). The molecule has 31 heavy (non-hydrogen) atoms. The number of aromatic nitrogens is 3. The van der Waals surface area contributed by atoms with Crippen molar-refractivity contribution in [3.63, 3.8) is 0 Å². The SMILES string of the molecule is Cc1ccc([C@H]2Nn3c(nnc3-c3ccccc3)S[C@@H]2C(=O)N2CCCCCC2)cc1. The molecule has 2 atom stereocenters. The number of benzene rings is 2. The van der Waals surface area contributed by atoms with Crippen LogP contribution < -0.4 is 5.43 Å². The molecule has 2 aromatic carbocycles. The Bertz CT molecular complexity index is 1040. The molecule has 0 aliphatic carbocycles. The van der Waals surface area contributed by atoms with E-state index in [0.717, 1.165) is 48.0 Å². The zero-order chi connectivity index (χ0) is 21.2. The van der Waals surface area contributed by atoms with Gasteiger partial charge in [-0.2, -0.15) is 0 Å². The van der Waals surface area contributed by atoms with Crippen LogP contribution in [0.3, 0.4) is 0 Å². The molecule has 0 bridgehead atoms. The molecule has 3 heterocycles. The molecule has 1 fully saturated rings. The van der Waals surface area contributed by atoms with Crippen molar-refractivity contribution in [1.82, 2.24) is 19.8 Å². The molecule has 1 aromatic heterocycles. The van der Waals surface area contributed by atoms with Crippen molar-refractivity contribution in [1.29, 1.82) is 0 Å². The highest BCUT2D eigenvalue weighted by Crippen LogP contribution is 2.39. The zero-order valence-corrected chi connectivity index (χ0v) is 18.5. The van der Waals surface area contributed by atoms with E-state index < -0.39 is 0 Å². The summed E-state index contributed by atoms with van der Waals surface area (Å²) in [6.45, 7) is 3.77. The van der Waals surface area contributed by atoms with Crippen molar-refractivity contribution < 1.29 is 4.79 Å². The number of hydrogen-bond acceptors (Lipinski definition) is 5. The Hall–Kier alpha value is -2.80. The number of carbonyl (C=O) groups is 1. The van der Waals surface area contributed by atoms with E-state index in [0.29, 0.717) is 0 Å². The average Bonchev–Trinajstić information content (AvgIpc) is 3.02. The van der Waals surface area contributed by atoms with Crippen molar-refractivity contribution in [2.45, 2.75) is 49.1 Å². The highest BCUT2D eigenvalue weighted by Gasteiger charge is 2.40. The van der Waals surface area contributed by atoms with Gasteiger partial charge in [-0.15, -0.1) is 10.2 Å². The third-order valence-electron chi connectivity index (χ3n) is 6.07. The maximum absolute atomic E-state index is 13.7. The van der Waals surface area contributed by atoms with E-state index in [2.05, 4.69) is 51.7 Å². The molecule has 0 saturated carbocycles. The molecule has 2 aliphatic heterocycles. The fourth-order valence-electron chi connectivity index (χ4n) is 4.31. The van der Waals surface area contributed by atoms with Gasteiger partial charge in [-0.3, -0.25) is 4.79 Å². The van der Waals surface area contributed by atoms with Crippen LogP contribution in [0.2, 0.25) is 0 Å². The van der Waals surface area contributed by atoms with Gasteiger partial charge in [0.1, 0.15) is 5.25 Å². The minimum absolute atomic E-state index is 0.160. The lowest BCUT2D eigenvalue weighted by atomic mass is 10.0. The molecule has 1 saturated heterocycles. The van der Waals surface area contributed by atoms with Crippen LogP contribution in [-0.2, 0) is 4.79 Å². The van der Waals surface area contributed by atoms with Gasteiger partial charge >= 0.3 is 0 Å². The first-order valence-corrected chi connectivity index (χ1v) is 11.9. The Kier molecular flexibility index (Phi) is 5.68. The maximum Gasteiger partial charge on any atom is 0.238 e. The first kappa shape index (κ1) is 20.1. The second-order valence-corrected chi connectivity index (χ2v) is 9.41. The molecule has 2 aliphatic rings. The minimum Gasteiger partial charge on any atom is -0.342 e. The summed E-state index contributed by atoms with van der Waals surface area (Å²) in [4.78, 5) is 15.7. The summed E-state index contributed by atoms with van der Waals surface area (Å²) >= 11 is 1.52. The molecular formula is C24H27N5OS. The van der Waals surface area contributed by atoms with Crippen molar-refractivity contribution in [2.24, 2.45) is 0 Å². The number of nitrogens with one attached hydrogen (secondary N) is 1. The van der Waals surface area contributed by atoms with E-state index in [1.54, 1.807) is 0 Å². The zero-order valence-electron chi connectivity index (χ0n) is 17.7. The molecule has 160 valence electrons. The third kappa shape index (κ3) is 4.06. The van der Waals surface area contributed by atoms with E-state index in [1.165, 1.54) is 30.2 Å². The van der Waals surface area contributed by atoms with Crippen LogP contribution in [0.1, 0.15) is 42.9 Å². The second kappa shape index (κ2) is 8.75. The van der Waals surface area contributed by atoms with Gasteiger partial charge in [-0.1, -0.05) is 84.8 Å². The molecule has 6 nitrogen and oxygen atoms in total. The Balaban J connectivity index is 1.52. The smallest absolute Gasteiger partial charge is 0.238 e. The largest absolute Gasteiger partial charge is 0.342 e. The summed E-state index contributed by atoms with van der Waals surface area (Å²) in [6.07, 6.45) is 4.58. The predicted molar refractivity (Wildman–Crippen MR) is 123 cm³/mol. The molecule has 1 amide bonds. The molecule has 1 N–H and O–H groups in total. The lowest BCUT2D eigenvalue weighted by Crippen LogP contribution is -2.46. The van der Waals surface area contributed by atoms with Crippen molar-refractivity contribution in [2.75, 3.05) is 18.5 Å². The van der Waals surface area contributed by atoms with Gasteiger partial charge < -0.3 is 10.3 Å². The van der Waals surface area contributed by atoms with Crippen molar-refractivity contribution in [3.05, 3.63) is 65.7 Å². The number of hydrogen-bond donors (Lipinski definition) is 1. The fraction of sp³-hybridized carbons (Fsp3) is 0.375. The van der Waals surface area contributed by atoms with Gasteiger partial charge in [0.05, 0.1) is 6.04 Å². The normalized spacial score (nSPS) is 21.1. The fourth-order valence-corrected chi connectivity index (χ4v) is 5.48. The van der Waals surface area contributed by atoms with Gasteiger partial charge in [0.2, 0.25) is 11.1 Å². The van der Waals surface area contributed by atoms with Crippen LogP contribution in [0.4, 0.5) is 0 Å². The van der Waals surface area contributed by atoms with Crippen LogP contribution in [-0.4, -0.2) is 44.0 Å². The summed E-state index contributed by atoms with van der Waals surface area (Å²) in [5.74, 6) is 0.960. The maximum atomic E-state index is 13.7. The Morgan fingerprint density at radius 3 is 2.39 bits per heavy atom. The van der Waals surface area contributed by atoms with E-state index in [-0.39, 0.29) is 17.2 Å². The molecule has 3 aromatic rings. The quantitative estimate of drug-likeness (QED) is 0.663. The monoisotopic (exact) mass is 433 g/mol. The first-order valence-electron chi connectivity index (χ1n) is 11.0. The lowest BCUT2D eigenvalue weighted by molar-refractivity contribution is -0.131. The van der Waals surface area contributed by atoms with E-state index in [9.17, 15) is 4.79 Å². The van der Waals surface area contributed by atoms with Crippen LogP contribution in [0.25, 0.3) is 11.4 Å². The average molecular weight is 434 g/mol. The third-order valence-corrected chi connectivity index (χ3v) is 7.27. The second-order valence-electron chi connectivity index (χ2n) is 8.30. The minimum atomic E-state index is -0.277. The van der Waals surface area contributed by atoms with E-state index in [1.807, 2.05) is 35.0 Å². The Morgan fingerprint density at radius 1 is 0.968 bits per heavy atom. The standard InChI is InChI=1S/C24H27N5OS/c1-17-11-13-18(14-12-17)20-21(23(30)28-15-7-2-3-8-16-28)31-24-26-25-22(29(24)27-20)19-9-5-4-6-10-19/h4-6,9-14,20-21,27H,2-3,7-8,15-16H2,1H3/t20-,21+/m1/s1. The summed E-state index contributed by atoms with van der Waals surface area (Å²) < 4.78 is 1.94. The Labute approximate surface area is 187 Å². The van der Waals surface area contributed by atoms with Crippen LogP contribution >= 0.6 is 11.8 Å². The predicted octanol–water partition coefficient (Wildman–Crippen LogP) is 4.42. The molecular weight excluding hydrogens is 406 g/mol. The molecule has 0 spiro atoms. The number of carbonyl (C=O) groups excluding carboxylic acids is 1. The van der Waals surface area contributed by atoms with Crippen LogP contribution in [0.5, 0.6) is 0 Å². The topological polar surface area (TPSA) is 63.1 Å². The van der Waals surface area contributed by atoms with E-state index in [4.69, 9.17) is 0 Å². The Morgan fingerprint density at radius 2 is 1.68 bits per heavy atom. The van der Waals surface area contributed by atoms with Gasteiger partial charge in [-0.05, 0) is 25.3 Å². The van der Waals surface area contributed by atoms with E-state index >= 15 is 0 Å². The highest BCUT2D eigenvalue weighted by molar-refractivity contribution is 8.00. The summed E-state index contributed by atoms with van der Waals surface area (Å²) in [6, 6.07) is 18.3. The van der Waals surface area contributed by atoms with Crippen LogP contribution in [0.15, 0.2) is 59.8 Å². The molecule has 7 heteroatoms. The summed E-state index contributed by atoms with van der Waals surface area (Å²) in [5, 5.41) is 9.31. The van der Waals surface area contributed by atoms with Gasteiger partial charge in [0.25, 0.3) is 0 Å². The molecule has 0 radical (unpaired) electrons. The lowest BCUT2D eigenvalue weighted by Gasteiger charge is -2.35. The first-order chi connectivity index (χ1) is 15.2.